The molecule has 0 atom stereocenters. The third-order valence-electron chi connectivity index (χ3n) is 2.71. The smallest absolute Gasteiger partial charge is 0.274 e. The number of pyridine rings is 1. The molecule has 1 aromatic carbocycles. The van der Waals surface area contributed by atoms with Gasteiger partial charge in [0.1, 0.15) is 17.3 Å². The average molecular weight is 308 g/mol. The number of nitrogens with zero attached hydrogens (tertiary/aromatic N) is 1. The van der Waals surface area contributed by atoms with Crippen molar-refractivity contribution in [2.24, 2.45) is 0 Å². The molecule has 21 heavy (non-hydrogen) atoms. The zero-order valence-corrected chi connectivity index (χ0v) is 12.2. The van der Waals surface area contributed by atoms with Gasteiger partial charge in [0.15, 0.2) is 0 Å². The molecular formula is C15H15ClFN3O. The predicted molar refractivity (Wildman–Crippen MR) is 82.4 cm³/mol. The van der Waals surface area contributed by atoms with Gasteiger partial charge in [-0.15, -0.1) is 0 Å². The maximum atomic E-state index is 13.2. The zero-order valence-electron chi connectivity index (χ0n) is 11.5. The topological polar surface area (TPSA) is 54.0 Å². The molecule has 1 amide bonds. The summed E-state index contributed by atoms with van der Waals surface area (Å²) in [6, 6.07) is 8.87. The first-order chi connectivity index (χ1) is 10.1. The van der Waals surface area contributed by atoms with E-state index in [1.165, 1.54) is 18.2 Å². The quantitative estimate of drug-likeness (QED) is 0.879. The van der Waals surface area contributed by atoms with Crippen LogP contribution in [0, 0.1) is 5.82 Å². The molecule has 1 heterocycles. The Bertz CT molecular complexity index is 649. The Balaban J connectivity index is 2.14. The van der Waals surface area contributed by atoms with Crippen LogP contribution >= 0.6 is 11.6 Å². The van der Waals surface area contributed by atoms with Crippen molar-refractivity contribution < 1.29 is 9.18 Å². The van der Waals surface area contributed by atoms with E-state index in [4.69, 9.17) is 11.6 Å². The van der Waals surface area contributed by atoms with Crippen LogP contribution in [0.5, 0.6) is 0 Å². The van der Waals surface area contributed by atoms with Gasteiger partial charge in [0, 0.05) is 6.54 Å². The maximum Gasteiger partial charge on any atom is 0.274 e. The lowest BCUT2D eigenvalue weighted by atomic mass is 10.2. The molecule has 0 bridgehead atoms. The molecule has 2 N–H and O–H groups in total. The standard InChI is InChI=1S/C15H15ClFN3O/c1-2-8-18-14-5-3-4-12(19-14)15(21)20-13-9-10(17)6-7-11(13)16/h3-7,9H,2,8H2,1H3,(H,18,19)(H,20,21). The highest BCUT2D eigenvalue weighted by atomic mass is 35.5. The Morgan fingerprint density at radius 2 is 2.14 bits per heavy atom. The van der Waals surface area contributed by atoms with Crippen molar-refractivity contribution in [2.75, 3.05) is 17.2 Å². The van der Waals surface area contributed by atoms with Crippen LogP contribution in [-0.4, -0.2) is 17.4 Å². The highest BCUT2D eigenvalue weighted by Gasteiger charge is 2.11. The van der Waals surface area contributed by atoms with E-state index in [9.17, 15) is 9.18 Å². The Morgan fingerprint density at radius 1 is 1.33 bits per heavy atom. The lowest BCUT2D eigenvalue weighted by Crippen LogP contribution is -2.15. The van der Waals surface area contributed by atoms with E-state index in [0.717, 1.165) is 13.0 Å². The van der Waals surface area contributed by atoms with Gasteiger partial charge in [-0.05, 0) is 36.8 Å². The number of hydrogen-bond acceptors (Lipinski definition) is 3. The number of halogens is 2. The number of hydrogen-bond donors (Lipinski definition) is 2. The van der Waals surface area contributed by atoms with Crippen molar-refractivity contribution in [1.82, 2.24) is 4.98 Å². The SMILES string of the molecule is CCCNc1cccc(C(=O)Nc2cc(F)ccc2Cl)n1. The van der Waals surface area contributed by atoms with Crippen LogP contribution in [0.3, 0.4) is 0 Å². The molecule has 110 valence electrons. The molecule has 2 aromatic rings. The number of anilines is 2. The van der Waals surface area contributed by atoms with Crippen molar-refractivity contribution >= 4 is 29.0 Å². The third-order valence-corrected chi connectivity index (χ3v) is 3.04. The highest BCUT2D eigenvalue weighted by Crippen LogP contribution is 2.23. The van der Waals surface area contributed by atoms with Gasteiger partial charge in [-0.2, -0.15) is 0 Å². The summed E-state index contributed by atoms with van der Waals surface area (Å²) in [4.78, 5) is 16.3. The van der Waals surface area contributed by atoms with E-state index in [2.05, 4.69) is 15.6 Å². The Kier molecular flexibility index (Phi) is 5.11. The molecule has 0 spiro atoms. The van der Waals surface area contributed by atoms with E-state index in [1.54, 1.807) is 18.2 Å². The zero-order chi connectivity index (χ0) is 15.2. The first-order valence-electron chi connectivity index (χ1n) is 6.57. The molecule has 0 aliphatic rings. The number of carbonyl (C=O) groups excluding carboxylic acids is 1. The second kappa shape index (κ2) is 7.04. The summed E-state index contributed by atoms with van der Waals surface area (Å²) in [6.45, 7) is 2.81. The molecular weight excluding hydrogens is 293 g/mol. The number of rotatable bonds is 5. The second-order valence-corrected chi connectivity index (χ2v) is 4.82. The molecule has 2 rings (SSSR count). The van der Waals surface area contributed by atoms with Crippen LogP contribution in [0.25, 0.3) is 0 Å². The van der Waals surface area contributed by atoms with Crippen molar-refractivity contribution in [3.05, 3.63) is 52.9 Å². The van der Waals surface area contributed by atoms with Gasteiger partial charge in [0.25, 0.3) is 5.91 Å². The summed E-state index contributed by atoms with van der Waals surface area (Å²) in [5, 5.41) is 5.91. The van der Waals surface area contributed by atoms with E-state index in [1.807, 2.05) is 6.92 Å². The number of nitrogens with one attached hydrogen (secondary N) is 2. The van der Waals surface area contributed by atoms with Crippen LogP contribution in [0.1, 0.15) is 23.8 Å². The summed E-state index contributed by atoms with van der Waals surface area (Å²) in [6.07, 6.45) is 0.955. The van der Waals surface area contributed by atoms with Gasteiger partial charge >= 0.3 is 0 Å². The van der Waals surface area contributed by atoms with Crippen molar-refractivity contribution in [3.8, 4) is 0 Å². The van der Waals surface area contributed by atoms with Gasteiger partial charge in [-0.3, -0.25) is 4.79 Å². The van der Waals surface area contributed by atoms with E-state index in [-0.39, 0.29) is 16.4 Å². The average Bonchev–Trinajstić information content (AvgIpc) is 2.49. The molecule has 0 radical (unpaired) electrons. The predicted octanol–water partition coefficient (Wildman–Crippen LogP) is 3.95. The minimum atomic E-state index is -0.471. The Hall–Kier alpha value is -2.14. The molecule has 6 heteroatoms. The lowest BCUT2D eigenvalue weighted by molar-refractivity contribution is 0.102. The first-order valence-corrected chi connectivity index (χ1v) is 6.95. The highest BCUT2D eigenvalue weighted by molar-refractivity contribution is 6.33. The van der Waals surface area contributed by atoms with E-state index < -0.39 is 11.7 Å². The fourth-order valence-corrected chi connectivity index (χ4v) is 1.86. The number of amides is 1. The van der Waals surface area contributed by atoms with Crippen LogP contribution in [0.15, 0.2) is 36.4 Å². The molecule has 0 saturated carbocycles. The van der Waals surface area contributed by atoms with Gasteiger partial charge in [-0.1, -0.05) is 24.6 Å². The molecule has 0 aliphatic heterocycles. The molecule has 4 nitrogen and oxygen atoms in total. The Morgan fingerprint density at radius 3 is 2.90 bits per heavy atom. The minimum Gasteiger partial charge on any atom is -0.370 e. The molecule has 0 fully saturated rings. The van der Waals surface area contributed by atoms with Gasteiger partial charge in [0.2, 0.25) is 0 Å². The van der Waals surface area contributed by atoms with E-state index in [0.29, 0.717) is 5.82 Å². The fourth-order valence-electron chi connectivity index (χ4n) is 1.69. The molecule has 1 aromatic heterocycles. The fraction of sp³-hybridized carbons (Fsp3) is 0.200. The van der Waals surface area contributed by atoms with Gasteiger partial charge in [0.05, 0.1) is 10.7 Å². The minimum absolute atomic E-state index is 0.218. The van der Waals surface area contributed by atoms with Gasteiger partial charge in [-0.25, -0.2) is 9.37 Å². The van der Waals surface area contributed by atoms with E-state index >= 15 is 0 Å². The molecule has 0 aliphatic carbocycles. The summed E-state index contributed by atoms with van der Waals surface area (Å²) >= 11 is 5.91. The van der Waals surface area contributed by atoms with Gasteiger partial charge < -0.3 is 10.6 Å². The van der Waals surface area contributed by atoms with Crippen LogP contribution in [-0.2, 0) is 0 Å². The van der Waals surface area contributed by atoms with Crippen molar-refractivity contribution in [2.45, 2.75) is 13.3 Å². The van der Waals surface area contributed by atoms with Crippen LogP contribution < -0.4 is 10.6 Å². The van der Waals surface area contributed by atoms with Crippen molar-refractivity contribution in [3.63, 3.8) is 0 Å². The van der Waals surface area contributed by atoms with Crippen LogP contribution in [0.4, 0.5) is 15.9 Å². The normalized spacial score (nSPS) is 10.2. The second-order valence-electron chi connectivity index (χ2n) is 4.41. The van der Waals surface area contributed by atoms with Crippen LogP contribution in [0.2, 0.25) is 5.02 Å². The number of aromatic nitrogens is 1. The number of carbonyl (C=O) groups is 1. The maximum absolute atomic E-state index is 13.2. The largest absolute Gasteiger partial charge is 0.370 e. The summed E-state index contributed by atoms with van der Waals surface area (Å²) in [5.74, 6) is -0.293. The molecule has 0 unspecified atom stereocenters. The monoisotopic (exact) mass is 307 g/mol. The summed E-state index contributed by atoms with van der Waals surface area (Å²) in [5.41, 5.74) is 0.451. The third kappa shape index (κ3) is 4.16. The summed E-state index contributed by atoms with van der Waals surface area (Å²) < 4.78 is 13.2. The first kappa shape index (κ1) is 15.3. The number of benzene rings is 1. The Labute approximate surface area is 127 Å². The summed E-state index contributed by atoms with van der Waals surface area (Å²) in [7, 11) is 0. The molecule has 0 saturated heterocycles. The van der Waals surface area contributed by atoms with Crippen molar-refractivity contribution in [1.29, 1.82) is 0 Å². The lowest BCUT2D eigenvalue weighted by Gasteiger charge is -2.08.